The Morgan fingerprint density at radius 2 is 1.96 bits per heavy atom. The zero-order valence-corrected chi connectivity index (χ0v) is 15.8. The molecule has 0 unspecified atom stereocenters. The van der Waals surface area contributed by atoms with Crippen LogP contribution in [0, 0.1) is 0 Å². The molecule has 0 bridgehead atoms. The fraction of sp³-hybridized carbons (Fsp3) is 0.238. The van der Waals surface area contributed by atoms with E-state index >= 15 is 0 Å². The molecule has 0 saturated carbocycles. The van der Waals surface area contributed by atoms with Gasteiger partial charge < -0.3 is 15.0 Å². The first-order valence-electron chi connectivity index (χ1n) is 8.89. The Kier molecular flexibility index (Phi) is 5.76. The number of ether oxygens (including phenoxy) is 1. The van der Waals surface area contributed by atoms with Gasteiger partial charge in [0.15, 0.2) is 0 Å². The van der Waals surface area contributed by atoms with Crippen molar-refractivity contribution in [1.82, 2.24) is 15.5 Å². The fourth-order valence-electron chi connectivity index (χ4n) is 2.78. The molecule has 0 spiro atoms. The summed E-state index contributed by atoms with van der Waals surface area (Å²) in [5, 5.41) is 10.1. The summed E-state index contributed by atoms with van der Waals surface area (Å²) in [7, 11) is 3.90. The Morgan fingerprint density at radius 1 is 1.19 bits per heavy atom. The lowest BCUT2D eigenvalue weighted by atomic mass is 10.1. The largest absolute Gasteiger partial charge is 0.494 e. The summed E-state index contributed by atoms with van der Waals surface area (Å²) in [6.07, 6.45) is 1.74. The van der Waals surface area contributed by atoms with Crippen molar-refractivity contribution in [2.24, 2.45) is 0 Å². The van der Waals surface area contributed by atoms with Crippen molar-refractivity contribution in [3.63, 3.8) is 0 Å². The maximum Gasteiger partial charge on any atom is 0.251 e. The van der Waals surface area contributed by atoms with Crippen LogP contribution >= 0.6 is 0 Å². The molecule has 1 heterocycles. The van der Waals surface area contributed by atoms with E-state index in [9.17, 15) is 4.79 Å². The Labute approximate surface area is 159 Å². The molecular weight excluding hydrogens is 340 g/mol. The maximum atomic E-state index is 12.5. The van der Waals surface area contributed by atoms with Gasteiger partial charge in [-0.15, -0.1) is 0 Å². The third-order valence-electron chi connectivity index (χ3n) is 4.24. The van der Waals surface area contributed by atoms with Crippen molar-refractivity contribution < 1.29 is 9.53 Å². The van der Waals surface area contributed by atoms with Crippen molar-refractivity contribution in [2.45, 2.75) is 13.5 Å². The van der Waals surface area contributed by atoms with Gasteiger partial charge in [-0.3, -0.25) is 9.89 Å². The standard InChI is InChI=1S/C21H24N4O2/c1-4-27-19-10-8-15(9-11-19)20-17(14-23-24-20)13-22-21(26)16-6-5-7-18(12-16)25(2)3/h5-12,14H,4,13H2,1-3H3,(H,22,26)(H,23,24). The van der Waals surface area contributed by atoms with Crippen molar-refractivity contribution in [2.75, 3.05) is 25.6 Å². The number of amides is 1. The lowest BCUT2D eigenvalue weighted by Gasteiger charge is -2.13. The van der Waals surface area contributed by atoms with E-state index in [0.717, 1.165) is 28.3 Å². The second-order valence-corrected chi connectivity index (χ2v) is 6.36. The predicted octanol–water partition coefficient (Wildman–Crippen LogP) is 3.47. The van der Waals surface area contributed by atoms with Gasteiger partial charge in [-0.25, -0.2) is 0 Å². The van der Waals surface area contributed by atoms with Crippen molar-refractivity contribution in [3.05, 3.63) is 65.9 Å². The van der Waals surface area contributed by atoms with E-state index in [1.807, 2.05) is 74.4 Å². The van der Waals surface area contributed by atoms with Gasteiger partial charge in [-0.05, 0) is 49.4 Å². The van der Waals surface area contributed by atoms with Crippen LogP contribution in [0.4, 0.5) is 5.69 Å². The molecule has 27 heavy (non-hydrogen) atoms. The number of rotatable bonds is 7. The van der Waals surface area contributed by atoms with Gasteiger partial charge in [-0.2, -0.15) is 5.10 Å². The normalized spacial score (nSPS) is 10.5. The van der Waals surface area contributed by atoms with Crippen LogP contribution in [0.3, 0.4) is 0 Å². The highest BCUT2D eigenvalue weighted by Gasteiger charge is 2.11. The summed E-state index contributed by atoms with van der Waals surface area (Å²) in [4.78, 5) is 14.5. The van der Waals surface area contributed by atoms with E-state index in [-0.39, 0.29) is 5.91 Å². The topological polar surface area (TPSA) is 70.2 Å². The monoisotopic (exact) mass is 364 g/mol. The van der Waals surface area contributed by atoms with Gasteiger partial charge in [0.2, 0.25) is 0 Å². The molecule has 0 radical (unpaired) electrons. The van der Waals surface area contributed by atoms with Crippen LogP contribution in [0.1, 0.15) is 22.8 Å². The Bertz CT molecular complexity index is 901. The quantitative estimate of drug-likeness (QED) is 0.673. The Balaban J connectivity index is 1.70. The molecule has 140 valence electrons. The second-order valence-electron chi connectivity index (χ2n) is 6.36. The van der Waals surface area contributed by atoms with Crippen LogP contribution in [0.25, 0.3) is 11.3 Å². The molecule has 3 aromatic rings. The van der Waals surface area contributed by atoms with Crippen molar-refractivity contribution >= 4 is 11.6 Å². The Morgan fingerprint density at radius 3 is 2.67 bits per heavy atom. The lowest BCUT2D eigenvalue weighted by Crippen LogP contribution is -2.23. The SMILES string of the molecule is CCOc1ccc(-c2[nH]ncc2CNC(=O)c2cccc(N(C)C)c2)cc1. The molecule has 2 N–H and O–H groups in total. The summed E-state index contributed by atoms with van der Waals surface area (Å²) < 4.78 is 5.48. The molecule has 6 nitrogen and oxygen atoms in total. The van der Waals surface area contributed by atoms with Crippen molar-refractivity contribution in [3.8, 4) is 17.0 Å². The minimum Gasteiger partial charge on any atom is -0.494 e. The molecule has 0 atom stereocenters. The number of H-pyrrole nitrogens is 1. The second kappa shape index (κ2) is 8.40. The summed E-state index contributed by atoms with van der Waals surface area (Å²) in [5.41, 5.74) is 4.43. The third kappa shape index (κ3) is 4.47. The zero-order valence-electron chi connectivity index (χ0n) is 15.8. The van der Waals surface area contributed by atoms with Crippen LogP contribution in [-0.4, -0.2) is 36.8 Å². The molecule has 2 aromatic carbocycles. The maximum absolute atomic E-state index is 12.5. The number of hydrogen-bond acceptors (Lipinski definition) is 4. The van der Waals surface area contributed by atoms with E-state index in [2.05, 4.69) is 15.5 Å². The molecule has 3 rings (SSSR count). The molecule has 0 aliphatic heterocycles. The number of anilines is 1. The molecular formula is C21H24N4O2. The van der Waals surface area contributed by atoms with Crippen LogP contribution in [0.5, 0.6) is 5.75 Å². The number of hydrogen-bond donors (Lipinski definition) is 2. The van der Waals surface area contributed by atoms with E-state index < -0.39 is 0 Å². The number of nitrogens with zero attached hydrogens (tertiary/aromatic N) is 2. The Hall–Kier alpha value is -3.28. The summed E-state index contributed by atoms with van der Waals surface area (Å²) >= 11 is 0. The number of nitrogens with one attached hydrogen (secondary N) is 2. The van der Waals surface area contributed by atoms with Gasteiger partial charge in [0, 0.05) is 43.0 Å². The summed E-state index contributed by atoms with van der Waals surface area (Å²) in [5.74, 6) is 0.717. The van der Waals surface area contributed by atoms with E-state index in [4.69, 9.17) is 4.74 Å². The molecule has 6 heteroatoms. The summed E-state index contributed by atoms with van der Waals surface area (Å²) in [6, 6.07) is 15.3. The first-order chi connectivity index (χ1) is 13.1. The smallest absolute Gasteiger partial charge is 0.251 e. The number of aromatic nitrogens is 2. The summed E-state index contributed by atoms with van der Waals surface area (Å²) in [6.45, 7) is 2.98. The number of carbonyl (C=O) groups excluding carboxylic acids is 1. The van der Waals surface area contributed by atoms with Crippen LogP contribution in [-0.2, 0) is 6.54 Å². The molecule has 0 fully saturated rings. The van der Waals surface area contributed by atoms with Gasteiger partial charge in [0.1, 0.15) is 5.75 Å². The molecule has 0 aliphatic rings. The average molecular weight is 364 g/mol. The zero-order chi connectivity index (χ0) is 19.2. The van der Waals surface area contributed by atoms with Crippen LogP contribution in [0.15, 0.2) is 54.7 Å². The highest BCUT2D eigenvalue weighted by atomic mass is 16.5. The fourth-order valence-corrected chi connectivity index (χ4v) is 2.78. The molecule has 1 aromatic heterocycles. The minimum atomic E-state index is -0.113. The van der Waals surface area contributed by atoms with E-state index in [1.54, 1.807) is 6.20 Å². The van der Waals surface area contributed by atoms with E-state index in [1.165, 1.54) is 0 Å². The first-order valence-corrected chi connectivity index (χ1v) is 8.89. The molecule has 0 saturated heterocycles. The number of aromatic amines is 1. The highest BCUT2D eigenvalue weighted by Crippen LogP contribution is 2.24. The number of carbonyl (C=O) groups is 1. The highest BCUT2D eigenvalue weighted by molar-refractivity contribution is 5.95. The van der Waals surface area contributed by atoms with Gasteiger partial charge in [-0.1, -0.05) is 6.07 Å². The first kappa shape index (κ1) is 18.5. The molecule has 0 aliphatic carbocycles. The predicted molar refractivity (Wildman–Crippen MR) is 107 cm³/mol. The molecule has 1 amide bonds. The lowest BCUT2D eigenvalue weighted by molar-refractivity contribution is 0.0951. The third-order valence-corrected chi connectivity index (χ3v) is 4.24. The van der Waals surface area contributed by atoms with Crippen molar-refractivity contribution in [1.29, 1.82) is 0 Å². The van der Waals surface area contributed by atoms with E-state index in [0.29, 0.717) is 18.7 Å². The minimum absolute atomic E-state index is 0.113. The van der Waals surface area contributed by atoms with Gasteiger partial charge in [0.25, 0.3) is 5.91 Å². The van der Waals surface area contributed by atoms with Gasteiger partial charge in [0.05, 0.1) is 18.5 Å². The van der Waals surface area contributed by atoms with Crippen LogP contribution in [0.2, 0.25) is 0 Å². The van der Waals surface area contributed by atoms with Crippen LogP contribution < -0.4 is 15.0 Å². The average Bonchev–Trinajstić information content (AvgIpc) is 3.15. The van der Waals surface area contributed by atoms with Gasteiger partial charge >= 0.3 is 0 Å². The number of benzene rings is 2.